The zero-order valence-corrected chi connectivity index (χ0v) is 16.6. The standard InChI is InChI=1S/C22H25N5O3/c28-21(23-10-14-5-7-15(8-6-14)11-24-22(29)30)18-9-20(16-12-25-26-13-16)27-19-4-2-1-3-17(18)19/h1-4,9,12-15,24H,5-8,10-11H2,(H,23,28)(H,25,26)(H,29,30)/t14-,15-. The number of aromatic amines is 1. The molecule has 8 nitrogen and oxygen atoms in total. The number of hydrogen-bond donors (Lipinski definition) is 4. The molecule has 2 heterocycles. The first-order valence-corrected chi connectivity index (χ1v) is 10.2. The fourth-order valence-corrected chi connectivity index (χ4v) is 4.11. The Morgan fingerprint density at radius 1 is 1.07 bits per heavy atom. The maximum absolute atomic E-state index is 13.0. The van der Waals surface area contributed by atoms with Gasteiger partial charge in [-0.15, -0.1) is 0 Å². The first kappa shape index (κ1) is 19.9. The first-order valence-electron chi connectivity index (χ1n) is 10.2. The fourth-order valence-electron chi connectivity index (χ4n) is 4.11. The highest BCUT2D eigenvalue weighted by Gasteiger charge is 2.22. The Morgan fingerprint density at radius 3 is 2.43 bits per heavy atom. The predicted molar refractivity (Wildman–Crippen MR) is 113 cm³/mol. The van der Waals surface area contributed by atoms with Gasteiger partial charge in [0.05, 0.1) is 23.0 Å². The summed E-state index contributed by atoms with van der Waals surface area (Å²) in [5.74, 6) is 0.694. The summed E-state index contributed by atoms with van der Waals surface area (Å²) in [7, 11) is 0. The lowest BCUT2D eigenvalue weighted by molar-refractivity contribution is 0.0942. The number of rotatable bonds is 6. The minimum absolute atomic E-state index is 0.104. The smallest absolute Gasteiger partial charge is 0.404 e. The molecule has 1 aliphatic rings. The van der Waals surface area contributed by atoms with Gasteiger partial charge in [0.1, 0.15) is 0 Å². The Kier molecular flexibility index (Phi) is 5.92. The molecule has 0 saturated heterocycles. The van der Waals surface area contributed by atoms with Crippen LogP contribution in [0.1, 0.15) is 36.0 Å². The molecule has 1 aromatic carbocycles. The molecule has 4 rings (SSSR count). The molecule has 4 N–H and O–H groups in total. The third kappa shape index (κ3) is 4.59. The maximum atomic E-state index is 13.0. The van der Waals surface area contributed by atoms with Gasteiger partial charge in [-0.1, -0.05) is 18.2 Å². The van der Waals surface area contributed by atoms with Crippen LogP contribution in [-0.4, -0.2) is 45.4 Å². The average Bonchev–Trinajstić information content (AvgIpc) is 3.31. The van der Waals surface area contributed by atoms with E-state index in [9.17, 15) is 9.59 Å². The van der Waals surface area contributed by atoms with Crippen LogP contribution in [0.2, 0.25) is 0 Å². The van der Waals surface area contributed by atoms with Gasteiger partial charge in [-0.25, -0.2) is 9.78 Å². The SMILES string of the molecule is O=C(O)NC[C@H]1CC[C@H](CNC(=O)c2cc(-c3cn[nH]c3)nc3ccccc23)CC1. The van der Waals surface area contributed by atoms with Crippen molar-refractivity contribution in [2.24, 2.45) is 11.8 Å². The number of nitrogens with one attached hydrogen (secondary N) is 3. The number of para-hydroxylation sites is 1. The van der Waals surface area contributed by atoms with Gasteiger partial charge in [-0.05, 0) is 49.7 Å². The van der Waals surface area contributed by atoms with Crippen molar-refractivity contribution < 1.29 is 14.7 Å². The maximum Gasteiger partial charge on any atom is 0.404 e. The Morgan fingerprint density at radius 2 is 1.77 bits per heavy atom. The lowest BCUT2D eigenvalue weighted by Gasteiger charge is -2.28. The molecule has 156 valence electrons. The van der Waals surface area contributed by atoms with Crippen LogP contribution in [-0.2, 0) is 0 Å². The minimum atomic E-state index is -0.969. The molecule has 0 aliphatic heterocycles. The zero-order chi connectivity index (χ0) is 20.9. The third-order valence-electron chi connectivity index (χ3n) is 5.81. The quantitative estimate of drug-likeness (QED) is 0.499. The number of aromatic nitrogens is 3. The van der Waals surface area contributed by atoms with E-state index in [-0.39, 0.29) is 5.91 Å². The number of fused-ring (bicyclic) bond motifs is 1. The van der Waals surface area contributed by atoms with Crippen molar-refractivity contribution in [1.82, 2.24) is 25.8 Å². The van der Waals surface area contributed by atoms with E-state index in [0.717, 1.165) is 42.1 Å². The molecule has 2 amide bonds. The van der Waals surface area contributed by atoms with Crippen LogP contribution in [0.25, 0.3) is 22.2 Å². The number of nitrogens with zero attached hydrogens (tertiary/aromatic N) is 2. The number of amides is 2. The Hall–Kier alpha value is -3.42. The Bertz CT molecular complexity index is 1030. The molecule has 2 aromatic heterocycles. The van der Waals surface area contributed by atoms with E-state index in [2.05, 4.69) is 25.8 Å². The van der Waals surface area contributed by atoms with Crippen LogP contribution in [0.5, 0.6) is 0 Å². The summed E-state index contributed by atoms with van der Waals surface area (Å²) >= 11 is 0. The van der Waals surface area contributed by atoms with E-state index in [4.69, 9.17) is 5.11 Å². The normalized spacial score (nSPS) is 18.8. The highest BCUT2D eigenvalue weighted by atomic mass is 16.4. The number of carbonyl (C=O) groups is 2. The first-order chi connectivity index (χ1) is 14.6. The van der Waals surface area contributed by atoms with E-state index in [1.807, 2.05) is 30.3 Å². The van der Waals surface area contributed by atoms with Gasteiger partial charge in [0.15, 0.2) is 0 Å². The highest BCUT2D eigenvalue weighted by Crippen LogP contribution is 2.28. The molecule has 0 spiro atoms. The second-order valence-corrected chi connectivity index (χ2v) is 7.84. The molecule has 1 aliphatic carbocycles. The van der Waals surface area contributed by atoms with E-state index >= 15 is 0 Å². The highest BCUT2D eigenvalue weighted by molar-refractivity contribution is 6.07. The second kappa shape index (κ2) is 8.94. The van der Waals surface area contributed by atoms with Crippen molar-refractivity contribution in [1.29, 1.82) is 0 Å². The molecule has 0 radical (unpaired) electrons. The number of carbonyl (C=O) groups excluding carboxylic acids is 1. The van der Waals surface area contributed by atoms with Crippen LogP contribution in [0, 0.1) is 11.8 Å². The van der Waals surface area contributed by atoms with Gasteiger partial charge in [0, 0.05) is 30.2 Å². The molecule has 0 atom stereocenters. The molecule has 0 bridgehead atoms. The Labute approximate surface area is 174 Å². The van der Waals surface area contributed by atoms with Gasteiger partial charge in [-0.2, -0.15) is 5.10 Å². The number of benzene rings is 1. The van der Waals surface area contributed by atoms with E-state index < -0.39 is 6.09 Å². The van der Waals surface area contributed by atoms with Crippen LogP contribution in [0.15, 0.2) is 42.7 Å². The van der Waals surface area contributed by atoms with Crippen molar-refractivity contribution in [3.8, 4) is 11.3 Å². The fraction of sp³-hybridized carbons (Fsp3) is 0.364. The number of carboxylic acid groups (broad SMARTS) is 1. The van der Waals surface area contributed by atoms with E-state index in [1.165, 1.54) is 0 Å². The molecule has 1 saturated carbocycles. The molecule has 0 unspecified atom stereocenters. The van der Waals surface area contributed by atoms with Crippen molar-refractivity contribution in [3.63, 3.8) is 0 Å². The Balaban J connectivity index is 1.42. The summed E-state index contributed by atoms with van der Waals surface area (Å²) in [6.45, 7) is 1.13. The van der Waals surface area contributed by atoms with Crippen LogP contribution < -0.4 is 10.6 Å². The summed E-state index contributed by atoms with van der Waals surface area (Å²) in [6.07, 6.45) is 6.41. The monoisotopic (exact) mass is 407 g/mol. The molecule has 3 aromatic rings. The van der Waals surface area contributed by atoms with Crippen molar-refractivity contribution in [2.45, 2.75) is 25.7 Å². The molecular formula is C22H25N5O3. The number of hydrogen-bond acceptors (Lipinski definition) is 4. The summed E-state index contributed by atoms with van der Waals surface area (Å²) in [4.78, 5) is 28.3. The van der Waals surface area contributed by atoms with Gasteiger partial charge in [0.25, 0.3) is 5.91 Å². The summed E-state index contributed by atoms with van der Waals surface area (Å²) in [6, 6.07) is 9.45. The van der Waals surface area contributed by atoms with Crippen molar-refractivity contribution >= 4 is 22.9 Å². The van der Waals surface area contributed by atoms with Gasteiger partial charge < -0.3 is 15.7 Å². The molecule has 30 heavy (non-hydrogen) atoms. The van der Waals surface area contributed by atoms with Gasteiger partial charge >= 0.3 is 6.09 Å². The van der Waals surface area contributed by atoms with Gasteiger partial charge in [0.2, 0.25) is 0 Å². The topological polar surface area (TPSA) is 120 Å². The van der Waals surface area contributed by atoms with Crippen molar-refractivity contribution in [2.75, 3.05) is 13.1 Å². The summed E-state index contributed by atoms with van der Waals surface area (Å²) in [5, 5.41) is 21.9. The lowest BCUT2D eigenvalue weighted by atomic mass is 9.82. The largest absolute Gasteiger partial charge is 0.465 e. The summed E-state index contributed by atoms with van der Waals surface area (Å²) < 4.78 is 0. The summed E-state index contributed by atoms with van der Waals surface area (Å²) in [5.41, 5.74) is 2.92. The van der Waals surface area contributed by atoms with Crippen LogP contribution >= 0.6 is 0 Å². The van der Waals surface area contributed by atoms with Crippen molar-refractivity contribution in [3.05, 3.63) is 48.3 Å². The zero-order valence-electron chi connectivity index (χ0n) is 16.6. The van der Waals surface area contributed by atoms with E-state index in [0.29, 0.717) is 36.2 Å². The van der Waals surface area contributed by atoms with Gasteiger partial charge in [-0.3, -0.25) is 9.89 Å². The molecular weight excluding hydrogens is 382 g/mol. The number of pyridine rings is 1. The van der Waals surface area contributed by atoms with Crippen LogP contribution in [0.4, 0.5) is 4.79 Å². The second-order valence-electron chi connectivity index (χ2n) is 7.84. The lowest BCUT2D eigenvalue weighted by Crippen LogP contribution is -2.34. The molecule has 8 heteroatoms. The van der Waals surface area contributed by atoms with Crippen LogP contribution in [0.3, 0.4) is 0 Å². The predicted octanol–water partition coefficient (Wildman–Crippen LogP) is 3.43. The molecule has 1 fully saturated rings. The third-order valence-corrected chi connectivity index (χ3v) is 5.81. The average molecular weight is 407 g/mol. The minimum Gasteiger partial charge on any atom is -0.465 e. The van der Waals surface area contributed by atoms with E-state index in [1.54, 1.807) is 12.4 Å². The number of H-pyrrole nitrogens is 1.